The molecule has 0 aliphatic heterocycles. The summed E-state index contributed by atoms with van der Waals surface area (Å²) in [5.74, 6) is 3.58. The molecule has 8 aromatic heterocycles. The molecule has 0 N–H and O–H groups in total. The van der Waals surface area contributed by atoms with Gasteiger partial charge in [-0.05, 0) is 175 Å². The van der Waals surface area contributed by atoms with Gasteiger partial charge in [0.2, 0.25) is 0 Å². The number of nitrogens with zero attached hydrogens (tertiary/aromatic N) is 9. The largest absolute Gasteiger partial charge is 0.454 e. The maximum Gasteiger partial charge on any atom is 0.164 e. The second-order valence-electron chi connectivity index (χ2n) is 33.1. The van der Waals surface area contributed by atoms with E-state index in [9.17, 15) is 0 Å². The van der Waals surface area contributed by atoms with E-state index in [0.717, 1.165) is 149 Å². The minimum Gasteiger partial charge on any atom is -0.454 e. The molecule has 28 aromatic rings. The third kappa shape index (κ3) is 11.2. The maximum absolute atomic E-state index is 7.06. The quantitative estimate of drug-likeness (QED) is 0.140. The molecule has 0 saturated carbocycles. The van der Waals surface area contributed by atoms with Gasteiger partial charge in [-0.15, -0.1) is 11.3 Å². The van der Waals surface area contributed by atoms with E-state index >= 15 is 0 Å². The molecule has 128 heavy (non-hydrogen) atoms. The summed E-state index contributed by atoms with van der Waals surface area (Å²) in [6.07, 6.45) is 0. The SMILES string of the molecule is c1ccc(-c2nc(-c3cccc4sc5ccccc5c34)nc(-c3ccc(-n4c5cc6ccccc6cc5c5c6ccccc6ccc54)c4oc5ccccc5c34)n2)cc1.c1ccc(-n2c3ccccc3c3ccc(-c4nc(-c5ccc6ccccc6c5)nc(-c5ccc(-n6c7cc8ccccc8cc7c7cc8ccccc8cc76)c6oc7ccccc7c56)n4)cc32)cc1. The first kappa shape index (κ1) is 71.5. The van der Waals surface area contributed by atoms with Gasteiger partial charge >= 0.3 is 0 Å². The molecule has 0 spiro atoms. The van der Waals surface area contributed by atoms with Crippen LogP contribution in [0.5, 0.6) is 0 Å². The topological polar surface area (TPSA) is 118 Å². The number of para-hydroxylation sites is 4. The zero-order chi connectivity index (χ0) is 83.8. The summed E-state index contributed by atoms with van der Waals surface area (Å²) in [7, 11) is 0. The molecular weight excluding hydrogens is 1580 g/mol. The summed E-state index contributed by atoms with van der Waals surface area (Å²) in [5.41, 5.74) is 18.3. The van der Waals surface area contributed by atoms with Gasteiger partial charge in [0.05, 0.1) is 44.5 Å². The first-order chi connectivity index (χ1) is 63.4. The summed E-state index contributed by atoms with van der Waals surface area (Å²) in [5, 5.41) is 25.3. The number of fused-ring (bicyclic) bond motifs is 24. The predicted molar refractivity (Wildman–Crippen MR) is 530 cm³/mol. The van der Waals surface area contributed by atoms with Crippen LogP contribution < -0.4 is 0 Å². The van der Waals surface area contributed by atoms with E-state index in [1.54, 1.807) is 11.3 Å². The van der Waals surface area contributed by atoms with Gasteiger partial charge in [-0.3, -0.25) is 0 Å². The lowest BCUT2D eigenvalue weighted by molar-refractivity contribution is 0.666. The maximum atomic E-state index is 7.06. The van der Waals surface area contributed by atoms with Crippen molar-refractivity contribution >= 4 is 195 Å². The van der Waals surface area contributed by atoms with Crippen LogP contribution in [-0.4, -0.2) is 43.6 Å². The highest BCUT2D eigenvalue weighted by Gasteiger charge is 2.29. The van der Waals surface area contributed by atoms with E-state index < -0.39 is 0 Å². The Kier molecular flexibility index (Phi) is 15.8. The van der Waals surface area contributed by atoms with Crippen LogP contribution in [0.2, 0.25) is 0 Å². The first-order valence-corrected chi connectivity index (χ1v) is 43.9. The predicted octanol–water partition coefficient (Wildman–Crippen LogP) is 31.0. The minimum absolute atomic E-state index is 0.564. The highest BCUT2D eigenvalue weighted by Crippen LogP contribution is 2.49. The van der Waals surface area contributed by atoms with Crippen molar-refractivity contribution in [3.63, 3.8) is 0 Å². The Morgan fingerprint density at radius 3 is 1.21 bits per heavy atom. The number of furan rings is 2. The molecule has 0 fully saturated rings. The van der Waals surface area contributed by atoms with Gasteiger partial charge in [0.25, 0.3) is 0 Å². The molecule has 0 unspecified atom stereocenters. The van der Waals surface area contributed by atoms with Gasteiger partial charge in [0.15, 0.2) is 46.1 Å². The smallest absolute Gasteiger partial charge is 0.164 e. The molecule has 28 rings (SSSR count). The number of aromatic nitrogens is 9. The molecule has 20 aromatic carbocycles. The summed E-state index contributed by atoms with van der Waals surface area (Å²) >= 11 is 1.79. The molecular formula is C116H67N9O2S. The first-order valence-electron chi connectivity index (χ1n) is 43.1. The summed E-state index contributed by atoms with van der Waals surface area (Å²) < 4.78 is 23.6. The Morgan fingerprint density at radius 2 is 0.602 bits per heavy atom. The van der Waals surface area contributed by atoms with Crippen molar-refractivity contribution in [2.24, 2.45) is 0 Å². The van der Waals surface area contributed by atoms with Gasteiger partial charge in [-0.25, -0.2) is 29.9 Å². The Morgan fingerprint density at radius 1 is 0.195 bits per heavy atom. The van der Waals surface area contributed by atoms with Gasteiger partial charge in [0.1, 0.15) is 11.2 Å². The molecule has 0 aliphatic rings. The number of benzene rings is 20. The molecule has 0 bridgehead atoms. The van der Waals surface area contributed by atoms with Gasteiger partial charge in [-0.1, -0.05) is 285 Å². The van der Waals surface area contributed by atoms with E-state index in [-0.39, 0.29) is 0 Å². The lowest BCUT2D eigenvalue weighted by Gasteiger charge is -2.13. The van der Waals surface area contributed by atoms with Crippen LogP contribution >= 0.6 is 11.3 Å². The van der Waals surface area contributed by atoms with Crippen molar-refractivity contribution in [1.29, 1.82) is 0 Å². The fourth-order valence-corrected chi connectivity index (χ4v) is 21.2. The minimum atomic E-state index is 0.564. The zero-order valence-corrected chi connectivity index (χ0v) is 69.2. The van der Waals surface area contributed by atoms with Crippen molar-refractivity contribution in [2.45, 2.75) is 0 Å². The van der Waals surface area contributed by atoms with Crippen LogP contribution in [0, 0.1) is 0 Å². The second kappa shape index (κ2) is 28.2. The van der Waals surface area contributed by atoms with E-state index in [4.69, 9.17) is 38.7 Å². The normalized spacial score (nSPS) is 12.1. The van der Waals surface area contributed by atoms with Gasteiger partial charge in [-0.2, -0.15) is 0 Å². The fourth-order valence-electron chi connectivity index (χ4n) is 20.1. The molecule has 0 saturated heterocycles. The van der Waals surface area contributed by atoms with Crippen molar-refractivity contribution in [1.82, 2.24) is 43.6 Å². The third-order valence-electron chi connectivity index (χ3n) is 25.9. The van der Waals surface area contributed by atoms with E-state index in [1.807, 2.05) is 36.4 Å². The van der Waals surface area contributed by atoms with E-state index in [1.165, 1.54) is 84.8 Å². The third-order valence-corrected chi connectivity index (χ3v) is 27.0. The highest BCUT2D eigenvalue weighted by atomic mass is 32.1. The summed E-state index contributed by atoms with van der Waals surface area (Å²) in [6, 6.07) is 144. The molecule has 12 heteroatoms. The number of thiophene rings is 1. The van der Waals surface area contributed by atoms with Crippen molar-refractivity contribution < 1.29 is 8.83 Å². The second-order valence-corrected chi connectivity index (χ2v) is 34.2. The van der Waals surface area contributed by atoms with Crippen molar-refractivity contribution in [3.8, 4) is 85.4 Å². The number of hydrogen-bond donors (Lipinski definition) is 0. The van der Waals surface area contributed by atoms with Crippen LogP contribution in [0.15, 0.2) is 415 Å². The Hall–Kier alpha value is -17.1. The van der Waals surface area contributed by atoms with Crippen molar-refractivity contribution in [2.75, 3.05) is 0 Å². The van der Waals surface area contributed by atoms with Crippen molar-refractivity contribution in [3.05, 3.63) is 406 Å². The van der Waals surface area contributed by atoms with Crippen LogP contribution in [0.3, 0.4) is 0 Å². The van der Waals surface area contributed by atoms with Gasteiger partial charge < -0.3 is 22.5 Å². The molecule has 11 nitrogen and oxygen atoms in total. The number of rotatable bonds is 9. The lowest BCUT2D eigenvalue weighted by atomic mass is 10.0. The Bertz CT molecular complexity index is 9480. The van der Waals surface area contributed by atoms with Crippen LogP contribution in [-0.2, 0) is 0 Å². The molecule has 8 heterocycles. The number of hydrogen-bond acceptors (Lipinski definition) is 9. The van der Waals surface area contributed by atoms with Crippen LogP contribution in [0.4, 0.5) is 0 Å². The fraction of sp³-hybridized carbons (Fsp3) is 0. The van der Waals surface area contributed by atoms with E-state index in [2.05, 4.69) is 384 Å². The molecule has 0 atom stereocenters. The zero-order valence-electron chi connectivity index (χ0n) is 68.4. The van der Waals surface area contributed by atoms with Crippen LogP contribution in [0.25, 0.3) is 269 Å². The summed E-state index contributed by atoms with van der Waals surface area (Å²) in [6.45, 7) is 0. The monoisotopic (exact) mass is 1650 g/mol. The summed E-state index contributed by atoms with van der Waals surface area (Å²) in [4.78, 5) is 32.0. The van der Waals surface area contributed by atoms with Crippen LogP contribution in [0.1, 0.15) is 0 Å². The molecule has 594 valence electrons. The average molecular weight is 1650 g/mol. The molecule has 0 amide bonds. The van der Waals surface area contributed by atoms with E-state index in [0.29, 0.717) is 34.9 Å². The average Bonchev–Trinajstić information content (AvgIpc) is 1.55. The Balaban J connectivity index is 0.000000134. The van der Waals surface area contributed by atoms with Gasteiger partial charge in [0, 0.05) is 113 Å². The standard InChI is InChI=1S/C63H37N5O.C53H30N4OS/c1-2-20-46(21-3-1)67-53-24-12-10-22-47(53)48-29-28-45(37-55(48)67)62-64-61(44-27-26-38-14-4-5-15-39(38)32-44)65-63(66-62)50-30-31-54(60-59(50)49-23-11-13-25-58(49)69-60)68-56-35-42-18-8-6-16-40(42)33-51(56)52-34-41-17-7-9-19-43(41)36-57(52)68;1-2-14-32(15-3-1)51-54-52(38-21-12-24-46-48(38)37-20-9-11-23-45(37)59-46)56-53(55-51)39-26-28-42(50-49(39)36-19-8-10-22-44(36)58-50)57-41-27-25-31-13-6-7-18-35(31)47(41)40-29-33-16-4-5-17-34(33)30-43(40)57/h1-37H;1-30H. The lowest BCUT2D eigenvalue weighted by Crippen LogP contribution is -2.02. The molecule has 0 aliphatic carbocycles. The Labute approximate surface area is 733 Å². The molecule has 0 radical (unpaired) electrons. The highest BCUT2D eigenvalue weighted by molar-refractivity contribution is 7.26.